The zero-order valence-electron chi connectivity index (χ0n) is 15.5. The SMILES string of the molecule is CCCCOc1ncccc1-n1cnc2nc(-c3cc(F)ccc3F)[nH]c(=O)c21. The standard InChI is InChI=1S/C20H17F2N5O2/c1-2-3-9-29-20-15(5-4-8-23-20)27-11-24-18-16(27)19(28)26-17(25-18)13-10-12(21)6-7-14(13)22/h4-8,10-11H,2-3,9H2,1H3,(H,25,26,28). The molecule has 3 aromatic heterocycles. The van der Waals surface area contributed by atoms with Gasteiger partial charge in [-0.2, -0.15) is 0 Å². The second-order valence-electron chi connectivity index (χ2n) is 6.36. The van der Waals surface area contributed by atoms with Crippen molar-refractivity contribution in [2.45, 2.75) is 19.8 Å². The lowest BCUT2D eigenvalue weighted by atomic mass is 10.2. The number of ether oxygens (including phenoxy) is 1. The average molecular weight is 397 g/mol. The number of hydrogen-bond donors (Lipinski definition) is 1. The number of nitrogens with one attached hydrogen (secondary N) is 1. The van der Waals surface area contributed by atoms with E-state index >= 15 is 0 Å². The maximum Gasteiger partial charge on any atom is 0.277 e. The number of imidazole rings is 1. The van der Waals surface area contributed by atoms with Crippen molar-refractivity contribution >= 4 is 11.2 Å². The van der Waals surface area contributed by atoms with Gasteiger partial charge in [0.1, 0.15) is 29.5 Å². The third kappa shape index (κ3) is 3.58. The Labute approximate surface area is 164 Å². The first-order valence-corrected chi connectivity index (χ1v) is 9.09. The maximum absolute atomic E-state index is 14.1. The van der Waals surface area contributed by atoms with Gasteiger partial charge in [-0.3, -0.25) is 9.36 Å². The van der Waals surface area contributed by atoms with Crippen LogP contribution in [0.5, 0.6) is 5.88 Å². The fraction of sp³-hybridized carbons (Fsp3) is 0.200. The minimum Gasteiger partial charge on any atom is -0.476 e. The molecule has 0 amide bonds. The van der Waals surface area contributed by atoms with E-state index in [0.29, 0.717) is 18.2 Å². The molecule has 4 aromatic rings. The van der Waals surface area contributed by atoms with Crippen LogP contribution in [-0.2, 0) is 0 Å². The first kappa shape index (κ1) is 18.7. The van der Waals surface area contributed by atoms with Gasteiger partial charge in [0.05, 0.1) is 12.2 Å². The highest BCUT2D eigenvalue weighted by Crippen LogP contribution is 2.24. The lowest BCUT2D eigenvalue weighted by Crippen LogP contribution is -2.14. The number of rotatable bonds is 6. The Kier molecular flexibility index (Phi) is 5.03. The largest absolute Gasteiger partial charge is 0.476 e. The number of nitrogens with zero attached hydrogens (tertiary/aromatic N) is 4. The molecular formula is C20H17F2N5O2. The molecule has 0 saturated carbocycles. The molecule has 0 aliphatic carbocycles. The number of hydrogen-bond acceptors (Lipinski definition) is 5. The predicted octanol–water partition coefficient (Wildman–Crippen LogP) is 3.63. The van der Waals surface area contributed by atoms with Crippen LogP contribution in [0.1, 0.15) is 19.8 Å². The summed E-state index contributed by atoms with van der Waals surface area (Å²) in [6.45, 7) is 2.54. The van der Waals surface area contributed by atoms with Crippen LogP contribution in [0.4, 0.5) is 8.78 Å². The summed E-state index contributed by atoms with van der Waals surface area (Å²) in [6.07, 6.45) is 4.85. The normalized spacial score (nSPS) is 11.1. The van der Waals surface area contributed by atoms with E-state index in [9.17, 15) is 13.6 Å². The topological polar surface area (TPSA) is 85.7 Å². The Morgan fingerprint density at radius 2 is 2.07 bits per heavy atom. The van der Waals surface area contributed by atoms with Gasteiger partial charge in [0.15, 0.2) is 11.2 Å². The number of fused-ring (bicyclic) bond motifs is 1. The van der Waals surface area contributed by atoms with E-state index in [2.05, 4.69) is 26.9 Å². The first-order valence-electron chi connectivity index (χ1n) is 9.09. The molecule has 0 spiro atoms. The number of pyridine rings is 1. The van der Waals surface area contributed by atoms with Crippen molar-refractivity contribution in [2.75, 3.05) is 6.61 Å². The number of aromatic amines is 1. The smallest absolute Gasteiger partial charge is 0.277 e. The van der Waals surface area contributed by atoms with Crippen molar-refractivity contribution in [2.24, 2.45) is 0 Å². The van der Waals surface area contributed by atoms with Gasteiger partial charge in [-0.1, -0.05) is 13.3 Å². The van der Waals surface area contributed by atoms with Crippen LogP contribution in [0.15, 0.2) is 47.7 Å². The Morgan fingerprint density at radius 3 is 2.90 bits per heavy atom. The maximum atomic E-state index is 14.1. The van der Waals surface area contributed by atoms with Gasteiger partial charge in [-0.05, 0) is 36.8 Å². The van der Waals surface area contributed by atoms with Gasteiger partial charge in [0.25, 0.3) is 5.56 Å². The summed E-state index contributed by atoms with van der Waals surface area (Å²) in [6, 6.07) is 6.40. The first-order chi connectivity index (χ1) is 14.1. The van der Waals surface area contributed by atoms with E-state index in [4.69, 9.17) is 4.74 Å². The fourth-order valence-corrected chi connectivity index (χ4v) is 2.91. The number of unbranched alkanes of at least 4 members (excludes halogenated alkanes) is 1. The van der Waals surface area contributed by atoms with Crippen LogP contribution in [0.25, 0.3) is 28.2 Å². The monoisotopic (exact) mass is 397 g/mol. The van der Waals surface area contributed by atoms with Gasteiger partial charge >= 0.3 is 0 Å². The average Bonchev–Trinajstić information content (AvgIpc) is 3.15. The van der Waals surface area contributed by atoms with Crippen molar-refractivity contribution in [3.05, 3.63) is 64.8 Å². The third-order valence-electron chi connectivity index (χ3n) is 4.34. The zero-order chi connectivity index (χ0) is 20.4. The highest BCUT2D eigenvalue weighted by Gasteiger charge is 2.17. The lowest BCUT2D eigenvalue weighted by Gasteiger charge is -2.11. The van der Waals surface area contributed by atoms with E-state index in [1.807, 2.05) is 0 Å². The van der Waals surface area contributed by atoms with Gasteiger partial charge < -0.3 is 9.72 Å². The van der Waals surface area contributed by atoms with Gasteiger partial charge in [0.2, 0.25) is 5.88 Å². The zero-order valence-corrected chi connectivity index (χ0v) is 15.5. The van der Waals surface area contributed by atoms with Crippen LogP contribution in [0, 0.1) is 11.6 Å². The van der Waals surface area contributed by atoms with E-state index in [-0.39, 0.29) is 22.6 Å². The molecule has 0 saturated heterocycles. The molecule has 0 aliphatic heterocycles. The van der Waals surface area contributed by atoms with Crippen molar-refractivity contribution < 1.29 is 13.5 Å². The van der Waals surface area contributed by atoms with Crippen molar-refractivity contribution in [1.82, 2.24) is 24.5 Å². The van der Waals surface area contributed by atoms with Crippen LogP contribution in [0.2, 0.25) is 0 Å². The van der Waals surface area contributed by atoms with E-state index < -0.39 is 17.2 Å². The number of benzene rings is 1. The Hall–Kier alpha value is -3.62. The summed E-state index contributed by atoms with van der Waals surface area (Å²) >= 11 is 0. The molecule has 0 bridgehead atoms. The molecule has 7 nitrogen and oxygen atoms in total. The lowest BCUT2D eigenvalue weighted by molar-refractivity contribution is 0.297. The van der Waals surface area contributed by atoms with Crippen LogP contribution in [-0.4, -0.2) is 31.1 Å². The van der Waals surface area contributed by atoms with Crippen LogP contribution >= 0.6 is 0 Å². The molecule has 0 aliphatic rings. The fourth-order valence-electron chi connectivity index (χ4n) is 2.91. The van der Waals surface area contributed by atoms with Crippen molar-refractivity contribution in [1.29, 1.82) is 0 Å². The minimum absolute atomic E-state index is 0.0933. The van der Waals surface area contributed by atoms with Gasteiger partial charge in [-0.15, -0.1) is 0 Å². The summed E-state index contributed by atoms with van der Waals surface area (Å²) in [4.78, 5) is 27.9. The molecule has 0 atom stereocenters. The molecule has 4 rings (SSSR count). The third-order valence-corrected chi connectivity index (χ3v) is 4.34. The van der Waals surface area contributed by atoms with E-state index in [1.54, 1.807) is 18.3 Å². The summed E-state index contributed by atoms with van der Waals surface area (Å²) in [7, 11) is 0. The highest BCUT2D eigenvalue weighted by molar-refractivity contribution is 5.75. The van der Waals surface area contributed by atoms with E-state index in [1.165, 1.54) is 10.9 Å². The van der Waals surface area contributed by atoms with Gasteiger partial charge in [0, 0.05) is 6.20 Å². The van der Waals surface area contributed by atoms with Gasteiger partial charge in [-0.25, -0.2) is 23.7 Å². The molecule has 1 N–H and O–H groups in total. The summed E-state index contributed by atoms with van der Waals surface area (Å²) < 4.78 is 34.8. The number of halogens is 2. The Morgan fingerprint density at radius 1 is 1.21 bits per heavy atom. The predicted molar refractivity (Wildman–Crippen MR) is 103 cm³/mol. The van der Waals surface area contributed by atoms with Crippen LogP contribution < -0.4 is 10.3 Å². The number of aromatic nitrogens is 5. The summed E-state index contributed by atoms with van der Waals surface area (Å²) in [5, 5.41) is 0. The second-order valence-corrected chi connectivity index (χ2v) is 6.36. The molecule has 0 unspecified atom stereocenters. The Bertz CT molecular complexity index is 1240. The number of H-pyrrole nitrogens is 1. The summed E-state index contributed by atoms with van der Waals surface area (Å²) in [5.41, 5.74) is 0.0794. The summed E-state index contributed by atoms with van der Waals surface area (Å²) in [5.74, 6) is -1.08. The minimum atomic E-state index is -0.702. The quantitative estimate of drug-likeness (QED) is 0.502. The molecule has 9 heteroatoms. The molecular weight excluding hydrogens is 380 g/mol. The second kappa shape index (κ2) is 7.78. The highest BCUT2D eigenvalue weighted by atomic mass is 19.1. The van der Waals surface area contributed by atoms with E-state index in [0.717, 1.165) is 31.0 Å². The Balaban J connectivity index is 1.82. The molecule has 148 valence electrons. The van der Waals surface area contributed by atoms with Crippen molar-refractivity contribution in [3.63, 3.8) is 0 Å². The molecule has 1 aromatic carbocycles. The van der Waals surface area contributed by atoms with Crippen molar-refractivity contribution in [3.8, 4) is 23.0 Å². The molecule has 0 radical (unpaired) electrons. The van der Waals surface area contributed by atoms with Crippen LogP contribution in [0.3, 0.4) is 0 Å². The molecule has 29 heavy (non-hydrogen) atoms. The molecule has 0 fully saturated rings. The molecule has 3 heterocycles.